The summed E-state index contributed by atoms with van der Waals surface area (Å²) in [5, 5.41) is 13.3. The molecule has 0 amide bonds. The van der Waals surface area contributed by atoms with Gasteiger partial charge in [-0.05, 0) is 67.4 Å². The summed E-state index contributed by atoms with van der Waals surface area (Å²) in [4.78, 5) is 21.6. The Kier molecular flexibility index (Phi) is 4.52. The first-order valence-corrected chi connectivity index (χ1v) is 11.5. The van der Waals surface area contributed by atoms with E-state index in [9.17, 15) is 4.79 Å². The fourth-order valence-corrected chi connectivity index (χ4v) is 5.29. The Labute approximate surface area is 188 Å². The minimum atomic E-state index is 0.0870. The average Bonchev–Trinajstić information content (AvgIpc) is 3.56. The lowest BCUT2D eigenvalue weighted by Crippen LogP contribution is -2.19. The van der Waals surface area contributed by atoms with E-state index in [1.165, 1.54) is 22.5 Å². The molecule has 6 nitrogen and oxygen atoms in total. The maximum Gasteiger partial charge on any atom is 0.169 e. The minimum absolute atomic E-state index is 0.0870. The van der Waals surface area contributed by atoms with Crippen LogP contribution < -0.4 is 5.32 Å². The van der Waals surface area contributed by atoms with Gasteiger partial charge in [0.15, 0.2) is 5.78 Å². The monoisotopic (exact) mass is 439 g/mol. The number of carbonyl (C=O) groups is 1. The maximum absolute atomic E-state index is 11.8. The summed E-state index contributed by atoms with van der Waals surface area (Å²) in [7, 11) is 0. The van der Waals surface area contributed by atoms with E-state index in [1.54, 1.807) is 13.1 Å². The van der Waals surface area contributed by atoms with Crippen LogP contribution in [0.1, 0.15) is 28.6 Å². The number of hydrogen-bond acceptors (Lipinski definition) is 5. The Hall–Kier alpha value is -3.55. The number of aromatic amines is 2. The Balaban J connectivity index is 1.47. The van der Waals surface area contributed by atoms with Crippen molar-refractivity contribution in [3.8, 4) is 21.8 Å². The number of thiophene rings is 1. The number of carbonyl (C=O) groups excluding carboxylic acids is 1. The molecule has 158 valence electrons. The standard InChI is InChI=1S/C25H21N5OS/c1-14(31)22-4-5-23(32-22)17-8-11-27-25-18(17)13-21(28-25)24-19-12-16(2-3-20(19)29-30-24)15-6-9-26-10-7-15/h2-6,8,11-13,26H,7,9-10H2,1H3,(H,27,28)(H,29,30). The molecule has 0 radical (unpaired) electrons. The molecule has 0 bridgehead atoms. The van der Waals surface area contributed by atoms with E-state index < -0.39 is 0 Å². The van der Waals surface area contributed by atoms with Gasteiger partial charge in [-0.15, -0.1) is 11.3 Å². The number of nitrogens with zero attached hydrogens (tertiary/aromatic N) is 2. The number of aromatic nitrogens is 4. The zero-order valence-electron chi connectivity index (χ0n) is 17.5. The van der Waals surface area contributed by atoms with Crippen LogP contribution in [0.5, 0.6) is 0 Å². The Bertz CT molecular complexity index is 1520. The van der Waals surface area contributed by atoms with Crippen molar-refractivity contribution >= 4 is 44.6 Å². The van der Waals surface area contributed by atoms with Gasteiger partial charge >= 0.3 is 0 Å². The highest BCUT2D eigenvalue weighted by Crippen LogP contribution is 2.36. The molecular formula is C25H21N5OS. The molecule has 1 aliphatic heterocycles. The van der Waals surface area contributed by atoms with Gasteiger partial charge in [0.2, 0.25) is 0 Å². The van der Waals surface area contributed by atoms with Gasteiger partial charge in [-0.25, -0.2) is 4.98 Å². The highest BCUT2D eigenvalue weighted by atomic mass is 32.1. The fraction of sp³-hybridized carbons (Fsp3) is 0.160. The second-order valence-electron chi connectivity index (χ2n) is 8.04. The average molecular weight is 440 g/mol. The van der Waals surface area contributed by atoms with E-state index in [4.69, 9.17) is 0 Å². The summed E-state index contributed by atoms with van der Waals surface area (Å²) < 4.78 is 0. The molecule has 0 atom stereocenters. The summed E-state index contributed by atoms with van der Waals surface area (Å²) in [6.07, 6.45) is 5.09. The molecule has 0 saturated heterocycles. The molecule has 32 heavy (non-hydrogen) atoms. The van der Waals surface area contributed by atoms with Crippen molar-refractivity contribution in [1.29, 1.82) is 0 Å². The molecule has 0 unspecified atom stereocenters. The molecule has 7 heteroatoms. The third kappa shape index (κ3) is 3.18. The predicted octanol–water partition coefficient (Wildman–Crippen LogP) is 5.41. The van der Waals surface area contributed by atoms with Gasteiger partial charge in [-0.1, -0.05) is 12.1 Å². The molecule has 0 aliphatic carbocycles. The lowest BCUT2D eigenvalue weighted by molar-refractivity contribution is 0.102. The lowest BCUT2D eigenvalue weighted by Gasteiger charge is -2.14. The summed E-state index contributed by atoms with van der Waals surface area (Å²) in [6.45, 7) is 3.52. The number of rotatable bonds is 4. The first kappa shape index (κ1) is 19.2. The van der Waals surface area contributed by atoms with Crippen LogP contribution in [0.2, 0.25) is 0 Å². The first-order valence-electron chi connectivity index (χ1n) is 10.6. The van der Waals surface area contributed by atoms with Gasteiger partial charge in [0.25, 0.3) is 0 Å². The maximum atomic E-state index is 11.8. The number of H-pyrrole nitrogens is 2. The quantitative estimate of drug-likeness (QED) is 0.327. The molecule has 5 heterocycles. The second kappa shape index (κ2) is 7.55. The second-order valence-corrected chi connectivity index (χ2v) is 9.12. The van der Waals surface area contributed by atoms with E-state index >= 15 is 0 Å². The molecule has 1 aliphatic rings. The molecule has 1 aromatic carbocycles. The zero-order valence-corrected chi connectivity index (χ0v) is 18.3. The number of ketones is 1. The molecular weight excluding hydrogens is 418 g/mol. The van der Waals surface area contributed by atoms with Crippen LogP contribution in [0.15, 0.2) is 54.7 Å². The van der Waals surface area contributed by atoms with Gasteiger partial charge in [-0.3, -0.25) is 9.89 Å². The largest absolute Gasteiger partial charge is 0.338 e. The molecule has 0 spiro atoms. The van der Waals surface area contributed by atoms with Crippen molar-refractivity contribution < 1.29 is 4.79 Å². The summed E-state index contributed by atoms with van der Waals surface area (Å²) >= 11 is 1.51. The van der Waals surface area contributed by atoms with Crippen LogP contribution in [-0.4, -0.2) is 39.0 Å². The number of pyridine rings is 1. The normalized spacial score (nSPS) is 14.2. The van der Waals surface area contributed by atoms with Crippen LogP contribution in [0.3, 0.4) is 0 Å². The highest BCUT2D eigenvalue weighted by molar-refractivity contribution is 7.17. The summed E-state index contributed by atoms with van der Waals surface area (Å²) in [5.41, 5.74) is 7.31. The number of nitrogens with one attached hydrogen (secondary N) is 3. The lowest BCUT2D eigenvalue weighted by atomic mass is 9.98. The highest BCUT2D eigenvalue weighted by Gasteiger charge is 2.16. The van der Waals surface area contributed by atoms with Gasteiger partial charge in [0, 0.05) is 34.0 Å². The van der Waals surface area contributed by atoms with E-state index in [-0.39, 0.29) is 5.78 Å². The fourth-order valence-electron chi connectivity index (χ4n) is 4.35. The summed E-state index contributed by atoms with van der Waals surface area (Å²) in [5.74, 6) is 0.0870. The number of Topliss-reactive ketones (excluding diaryl/α,β-unsaturated/α-hetero) is 1. The minimum Gasteiger partial charge on any atom is -0.338 e. The predicted molar refractivity (Wildman–Crippen MR) is 130 cm³/mol. The van der Waals surface area contributed by atoms with Gasteiger partial charge in [-0.2, -0.15) is 5.10 Å². The SMILES string of the molecule is CC(=O)c1ccc(-c2ccnc3[nH]c(-c4n[nH]c5ccc(C6=CCNCC6)cc45)cc23)s1. The summed E-state index contributed by atoms with van der Waals surface area (Å²) in [6, 6.07) is 14.5. The van der Waals surface area contributed by atoms with Gasteiger partial charge in [0.1, 0.15) is 11.3 Å². The third-order valence-corrected chi connectivity index (χ3v) is 7.22. The van der Waals surface area contributed by atoms with Crippen LogP contribution in [0.25, 0.3) is 49.3 Å². The molecule has 6 rings (SSSR count). The third-order valence-electron chi connectivity index (χ3n) is 6.00. The zero-order chi connectivity index (χ0) is 21.7. The van der Waals surface area contributed by atoms with Crippen LogP contribution in [0.4, 0.5) is 0 Å². The molecule has 4 aromatic heterocycles. The Morgan fingerprint density at radius 3 is 2.84 bits per heavy atom. The molecule has 3 N–H and O–H groups in total. The van der Waals surface area contributed by atoms with Gasteiger partial charge < -0.3 is 10.3 Å². The number of fused-ring (bicyclic) bond motifs is 2. The topological polar surface area (TPSA) is 86.5 Å². The van der Waals surface area contributed by atoms with E-state index in [2.05, 4.69) is 55.8 Å². The molecule has 5 aromatic rings. The van der Waals surface area contributed by atoms with Crippen molar-refractivity contribution in [2.45, 2.75) is 13.3 Å². The molecule has 0 fully saturated rings. The molecule has 0 saturated carbocycles. The van der Waals surface area contributed by atoms with Gasteiger partial charge in [0.05, 0.1) is 16.1 Å². The van der Waals surface area contributed by atoms with Crippen LogP contribution >= 0.6 is 11.3 Å². The van der Waals surface area contributed by atoms with E-state index in [1.807, 2.05) is 18.2 Å². The van der Waals surface area contributed by atoms with Crippen LogP contribution in [-0.2, 0) is 0 Å². The van der Waals surface area contributed by atoms with Crippen molar-refractivity contribution in [3.05, 3.63) is 65.2 Å². The number of benzene rings is 1. The van der Waals surface area contributed by atoms with E-state index in [0.29, 0.717) is 0 Å². The van der Waals surface area contributed by atoms with Crippen molar-refractivity contribution in [2.24, 2.45) is 0 Å². The van der Waals surface area contributed by atoms with Crippen molar-refractivity contribution in [2.75, 3.05) is 13.1 Å². The van der Waals surface area contributed by atoms with Crippen LogP contribution in [0, 0.1) is 0 Å². The first-order chi connectivity index (χ1) is 15.7. The smallest absolute Gasteiger partial charge is 0.169 e. The Morgan fingerprint density at radius 2 is 2.03 bits per heavy atom. The van der Waals surface area contributed by atoms with E-state index in [0.717, 1.165) is 68.2 Å². The van der Waals surface area contributed by atoms with Crippen molar-refractivity contribution in [1.82, 2.24) is 25.5 Å². The Morgan fingerprint density at radius 1 is 1.09 bits per heavy atom. The van der Waals surface area contributed by atoms with Crippen molar-refractivity contribution in [3.63, 3.8) is 0 Å². The number of hydrogen-bond donors (Lipinski definition) is 3.